The van der Waals surface area contributed by atoms with E-state index in [1.807, 2.05) is 78.9 Å². The van der Waals surface area contributed by atoms with Gasteiger partial charge in [-0.1, -0.05) is 91.0 Å². The molecule has 3 N–H and O–H groups in total. The van der Waals surface area contributed by atoms with Gasteiger partial charge in [-0.2, -0.15) is 0 Å². The van der Waals surface area contributed by atoms with E-state index < -0.39 is 22.3 Å². The SMILES string of the molecule is O=C(O)c1ccccc1SCC1CC(c2ccc(CO)cc2)OC(c2cccc(-c3cccc(CNS(=O)(=O)c4ccccc4)c3)c2)O1. The molecule has 3 unspecified atom stereocenters. The topological polar surface area (TPSA) is 122 Å². The zero-order chi connectivity index (χ0) is 33.5. The van der Waals surface area contributed by atoms with Crippen molar-refractivity contribution in [3.63, 3.8) is 0 Å². The molecule has 0 spiro atoms. The van der Waals surface area contributed by atoms with E-state index in [1.165, 1.54) is 11.8 Å². The van der Waals surface area contributed by atoms with Crippen molar-refractivity contribution in [2.45, 2.75) is 47.9 Å². The Labute approximate surface area is 284 Å². The van der Waals surface area contributed by atoms with Gasteiger partial charge in [0, 0.05) is 29.2 Å². The number of rotatable bonds is 12. The first-order chi connectivity index (χ1) is 23.3. The van der Waals surface area contributed by atoms with Crippen molar-refractivity contribution in [2.24, 2.45) is 0 Å². The molecule has 0 bridgehead atoms. The predicted molar refractivity (Wildman–Crippen MR) is 185 cm³/mol. The van der Waals surface area contributed by atoms with Crippen LogP contribution in [-0.2, 0) is 32.6 Å². The number of thioether (sulfide) groups is 1. The van der Waals surface area contributed by atoms with Crippen LogP contribution in [0.15, 0.2) is 137 Å². The molecular weight excluding hydrogens is 647 g/mol. The lowest BCUT2D eigenvalue weighted by molar-refractivity contribution is -0.245. The Hall–Kier alpha value is -4.29. The summed E-state index contributed by atoms with van der Waals surface area (Å²) in [4.78, 5) is 12.7. The summed E-state index contributed by atoms with van der Waals surface area (Å²) >= 11 is 1.45. The fraction of sp³-hybridized carbons (Fsp3) is 0.184. The number of sulfonamides is 1. The summed E-state index contributed by atoms with van der Waals surface area (Å²) in [5.74, 6) is -0.448. The average Bonchev–Trinajstić information content (AvgIpc) is 3.13. The molecule has 1 aliphatic rings. The van der Waals surface area contributed by atoms with E-state index in [9.17, 15) is 23.4 Å². The molecule has 0 saturated carbocycles. The highest BCUT2D eigenvalue weighted by Gasteiger charge is 2.32. The molecule has 0 aliphatic carbocycles. The van der Waals surface area contributed by atoms with Crippen LogP contribution in [0.5, 0.6) is 0 Å². The number of aliphatic hydroxyl groups excluding tert-OH is 1. The van der Waals surface area contributed by atoms with Gasteiger partial charge in [-0.15, -0.1) is 11.8 Å². The minimum Gasteiger partial charge on any atom is -0.478 e. The van der Waals surface area contributed by atoms with Crippen LogP contribution in [0.2, 0.25) is 0 Å². The van der Waals surface area contributed by atoms with E-state index in [0.717, 1.165) is 33.4 Å². The molecule has 246 valence electrons. The summed E-state index contributed by atoms with van der Waals surface area (Å²) in [6, 6.07) is 38.5. The minimum absolute atomic E-state index is 0.0489. The molecule has 0 radical (unpaired) electrons. The predicted octanol–water partition coefficient (Wildman–Crippen LogP) is 7.36. The number of nitrogens with one attached hydrogen (secondary N) is 1. The summed E-state index contributed by atoms with van der Waals surface area (Å²) in [7, 11) is -3.65. The fourth-order valence-electron chi connectivity index (χ4n) is 5.56. The first kappa shape index (κ1) is 33.6. The lowest BCUT2D eigenvalue weighted by atomic mass is 9.99. The molecule has 0 aromatic heterocycles. The lowest BCUT2D eigenvalue weighted by Gasteiger charge is -2.36. The van der Waals surface area contributed by atoms with Gasteiger partial charge in [0.05, 0.1) is 29.3 Å². The largest absolute Gasteiger partial charge is 0.478 e. The molecule has 1 saturated heterocycles. The maximum Gasteiger partial charge on any atom is 0.336 e. The second-order valence-electron chi connectivity index (χ2n) is 11.4. The molecule has 10 heteroatoms. The summed E-state index contributed by atoms with van der Waals surface area (Å²) in [5.41, 5.74) is 5.49. The van der Waals surface area contributed by atoms with Crippen LogP contribution < -0.4 is 4.72 Å². The maximum atomic E-state index is 12.8. The van der Waals surface area contributed by atoms with Gasteiger partial charge in [-0.3, -0.25) is 0 Å². The number of carbonyl (C=O) groups is 1. The number of aromatic carboxylic acids is 1. The van der Waals surface area contributed by atoms with Crippen molar-refractivity contribution < 1.29 is 32.9 Å². The van der Waals surface area contributed by atoms with Crippen LogP contribution >= 0.6 is 11.8 Å². The molecular formula is C38H35NO7S2. The zero-order valence-electron chi connectivity index (χ0n) is 25.9. The standard InChI is InChI=1S/C38H35NO7S2/c40-24-26-16-18-28(19-17-26)35-22-32(25-47-36-15-5-4-14-34(36)37(41)42)45-38(46-35)31-11-7-10-30(21-31)29-9-6-8-27(20-29)23-39-48(43,44)33-12-2-1-3-13-33/h1-21,32,35,38-40H,22-25H2,(H,41,42). The highest BCUT2D eigenvalue weighted by atomic mass is 32.2. The first-order valence-corrected chi connectivity index (χ1v) is 18.0. The number of carboxylic acid groups (broad SMARTS) is 1. The third-order valence-corrected chi connectivity index (χ3v) is 10.7. The Morgan fingerprint density at radius 1 is 0.771 bits per heavy atom. The van der Waals surface area contributed by atoms with Gasteiger partial charge in [0.15, 0.2) is 6.29 Å². The average molecular weight is 682 g/mol. The second kappa shape index (κ2) is 15.3. The number of aliphatic hydroxyl groups is 1. The smallest absolute Gasteiger partial charge is 0.336 e. The van der Waals surface area contributed by atoms with Crippen LogP contribution in [-0.4, -0.2) is 36.5 Å². The van der Waals surface area contributed by atoms with Crippen molar-refractivity contribution in [1.82, 2.24) is 4.72 Å². The molecule has 48 heavy (non-hydrogen) atoms. The Balaban J connectivity index is 1.22. The van der Waals surface area contributed by atoms with Crippen molar-refractivity contribution in [3.8, 4) is 11.1 Å². The third kappa shape index (κ3) is 8.22. The van der Waals surface area contributed by atoms with Crippen molar-refractivity contribution in [3.05, 3.63) is 155 Å². The van der Waals surface area contributed by atoms with Gasteiger partial charge in [0.25, 0.3) is 0 Å². The first-order valence-electron chi connectivity index (χ1n) is 15.5. The van der Waals surface area contributed by atoms with Crippen LogP contribution in [0.3, 0.4) is 0 Å². The molecule has 5 aromatic carbocycles. The Morgan fingerprint density at radius 3 is 2.23 bits per heavy atom. The third-order valence-electron chi connectivity index (χ3n) is 8.10. The summed E-state index contributed by atoms with van der Waals surface area (Å²) in [5, 5.41) is 19.2. The van der Waals surface area contributed by atoms with Gasteiger partial charge in [0.2, 0.25) is 10.0 Å². The molecule has 1 aliphatic heterocycles. The van der Waals surface area contributed by atoms with Crippen molar-refractivity contribution in [1.29, 1.82) is 0 Å². The highest BCUT2D eigenvalue weighted by Crippen LogP contribution is 2.40. The monoisotopic (exact) mass is 681 g/mol. The second-order valence-corrected chi connectivity index (χ2v) is 14.3. The highest BCUT2D eigenvalue weighted by molar-refractivity contribution is 7.99. The van der Waals surface area contributed by atoms with E-state index >= 15 is 0 Å². The maximum absolute atomic E-state index is 12.8. The van der Waals surface area contributed by atoms with Gasteiger partial charge < -0.3 is 19.7 Å². The Morgan fingerprint density at radius 2 is 1.48 bits per heavy atom. The fourth-order valence-corrected chi connectivity index (χ4v) is 7.67. The zero-order valence-corrected chi connectivity index (χ0v) is 27.6. The van der Waals surface area contributed by atoms with Gasteiger partial charge >= 0.3 is 5.97 Å². The quantitative estimate of drug-likeness (QED) is 0.117. The van der Waals surface area contributed by atoms with E-state index in [1.54, 1.807) is 48.5 Å². The molecule has 0 amide bonds. The summed E-state index contributed by atoms with van der Waals surface area (Å²) in [6.07, 6.45) is -0.663. The molecule has 3 atom stereocenters. The van der Waals surface area contributed by atoms with Crippen LogP contribution in [0.4, 0.5) is 0 Å². The summed E-state index contributed by atoms with van der Waals surface area (Å²) in [6.45, 7) is 0.0907. The van der Waals surface area contributed by atoms with Gasteiger partial charge in [-0.05, 0) is 64.2 Å². The van der Waals surface area contributed by atoms with Crippen LogP contribution in [0.1, 0.15) is 51.4 Å². The number of hydrogen-bond acceptors (Lipinski definition) is 7. The molecule has 1 heterocycles. The van der Waals surface area contributed by atoms with Gasteiger partial charge in [-0.25, -0.2) is 17.9 Å². The Kier molecular flexibility index (Phi) is 10.7. The molecule has 8 nitrogen and oxygen atoms in total. The van der Waals surface area contributed by atoms with E-state index in [0.29, 0.717) is 17.1 Å². The van der Waals surface area contributed by atoms with E-state index in [-0.39, 0.29) is 35.8 Å². The number of benzene rings is 5. The molecule has 5 aromatic rings. The van der Waals surface area contributed by atoms with Crippen molar-refractivity contribution in [2.75, 3.05) is 5.75 Å². The normalized spacial score (nSPS) is 18.0. The number of carboxylic acids is 1. The van der Waals surface area contributed by atoms with Gasteiger partial charge in [0.1, 0.15) is 0 Å². The molecule has 6 rings (SSSR count). The molecule has 1 fully saturated rings. The number of ether oxygens (including phenoxy) is 2. The van der Waals surface area contributed by atoms with Crippen LogP contribution in [0, 0.1) is 0 Å². The lowest BCUT2D eigenvalue weighted by Crippen LogP contribution is -2.31. The minimum atomic E-state index is -3.65. The summed E-state index contributed by atoms with van der Waals surface area (Å²) < 4.78 is 41.3. The number of hydrogen-bond donors (Lipinski definition) is 3. The van der Waals surface area contributed by atoms with Crippen LogP contribution in [0.25, 0.3) is 11.1 Å². The Bertz CT molecular complexity index is 1970. The van der Waals surface area contributed by atoms with E-state index in [4.69, 9.17) is 9.47 Å². The van der Waals surface area contributed by atoms with E-state index in [2.05, 4.69) is 4.72 Å². The van der Waals surface area contributed by atoms with Crippen molar-refractivity contribution >= 4 is 27.8 Å².